The molecule has 0 amide bonds. The first-order valence-electron chi connectivity index (χ1n) is 8.08. The van der Waals surface area contributed by atoms with E-state index in [1.807, 2.05) is 0 Å². The number of rotatable bonds is 2. The summed E-state index contributed by atoms with van der Waals surface area (Å²) in [6.07, 6.45) is 0.898. The van der Waals surface area contributed by atoms with Gasteiger partial charge in [-0.25, -0.2) is 0 Å². The summed E-state index contributed by atoms with van der Waals surface area (Å²) in [4.78, 5) is 5.25. The number of benzene rings is 1. The lowest BCUT2D eigenvalue weighted by Crippen LogP contribution is -2.83. The second kappa shape index (κ2) is 4.09. The predicted octanol–water partition coefficient (Wildman–Crippen LogP) is 1.96. The van der Waals surface area contributed by atoms with Gasteiger partial charge in [0.15, 0.2) is 0 Å². The van der Waals surface area contributed by atoms with E-state index in [9.17, 15) is 5.11 Å². The second-order valence-electron chi connectivity index (χ2n) is 8.30. The van der Waals surface area contributed by atoms with Crippen LogP contribution in [0.4, 0.5) is 0 Å². The van der Waals surface area contributed by atoms with E-state index >= 15 is 0 Å². The molecule has 0 saturated carbocycles. The molecule has 0 radical (unpaired) electrons. The van der Waals surface area contributed by atoms with Gasteiger partial charge in [0.2, 0.25) is 0 Å². The molecule has 21 heavy (non-hydrogen) atoms. The highest BCUT2D eigenvalue weighted by atomic mass is 16.3. The summed E-state index contributed by atoms with van der Waals surface area (Å²) in [6, 6.07) is 10.8. The van der Waals surface area contributed by atoms with Gasteiger partial charge in [0.1, 0.15) is 0 Å². The molecule has 0 aliphatic carbocycles. The van der Waals surface area contributed by atoms with E-state index in [0.717, 1.165) is 32.6 Å². The molecule has 4 saturated heterocycles. The Bertz CT molecular complexity index is 518. The Kier molecular flexibility index (Phi) is 2.68. The van der Waals surface area contributed by atoms with Crippen molar-refractivity contribution in [2.75, 3.05) is 26.2 Å². The van der Waals surface area contributed by atoms with Crippen LogP contribution < -0.4 is 0 Å². The summed E-state index contributed by atoms with van der Waals surface area (Å²) >= 11 is 0. The molecule has 3 heteroatoms. The molecule has 114 valence electrons. The van der Waals surface area contributed by atoms with E-state index in [-0.39, 0.29) is 22.6 Å². The first-order valence-corrected chi connectivity index (χ1v) is 8.08. The van der Waals surface area contributed by atoms with Crippen molar-refractivity contribution in [3.8, 4) is 0 Å². The number of hydrogen-bond acceptors (Lipinski definition) is 3. The van der Waals surface area contributed by atoms with Crippen molar-refractivity contribution in [1.82, 2.24) is 9.80 Å². The molecule has 0 spiro atoms. The topological polar surface area (TPSA) is 26.7 Å². The SMILES string of the molecule is CC12CN3CC(C)(CN(C1)C3(C)Cc1ccccc1)C2O. The first-order chi connectivity index (χ1) is 9.86. The van der Waals surface area contributed by atoms with Gasteiger partial charge in [0.25, 0.3) is 0 Å². The van der Waals surface area contributed by atoms with Crippen LogP contribution in [0.3, 0.4) is 0 Å². The number of aliphatic hydroxyl groups is 1. The van der Waals surface area contributed by atoms with Crippen molar-refractivity contribution in [1.29, 1.82) is 0 Å². The van der Waals surface area contributed by atoms with Gasteiger partial charge in [-0.1, -0.05) is 44.2 Å². The zero-order chi connectivity index (χ0) is 14.9. The Labute approximate surface area is 127 Å². The van der Waals surface area contributed by atoms with Gasteiger partial charge in [-0.05, 0) is 12.5 Å². The summed E-state index contributed by atoms with van der Waals surface area (Å²) in [7, 11) is 0. The van der Waals surface area contributed by atoms with Crippen LogP contribution >= 0.6 is 0 Å². The third kappa shape index (κ3) is 1.77. The monoisotopic (exact) mass is 286 g/mol. The third-order valence-corrected chi connectivity index (χ3v) is 6.27. The average molecular weight is 286 g/mol. The molecular formula is C18H26N2O. The molecule has 3 nitrogen and oxygen atoms in total. The van der Waals surface area contributed by atoms with Crippen LogP contribution in [-0.4, -0.2) is 52.9 Å². The van der Waals surface area contributed by atoms with E-state index in [4.69, 9.17) is 0 Å². The number of hydrogen-bond donors (Lipinski definition) is 1. The van der Waals surface area contributed by atoms with Gasteiger partial charge >= 0.3 is 0 Å². The molecule has 5 rings (SSSR count). The Morgan fingerprint density at radius 2 is 1.43 bits per heavy atom. The normalized spacial score (nSPS) is 51.3. The van der Waals surface area contributed by atoms with E-state index in [1.165, 1.54) is 5.56 Å². The molecule has 0 unspecified atom stereocenters. The van der Waals surface area contributed by atoms with Crippen LogP contribution in [-0.2, 0) is 6.42 Å². The largest absolute Gasteiger partial charge is 0.392 e. The number of nitrogens with zero attached hydrogens (tertiary/aromatic N) is 2. The maximum absolute atomic E-state index is 10.8. The maximum Gasteiger partial charge on any atom is 0.0750 e. The molecule has 4 aliphatic heterocycles. The Morgan fingerprint density at radius 3 is 1.90 bits per heavy atom. The van der Waals surface area contributed by atoms with Crippen LogP contribution in [0.25, 0.3) is 0 Å². The van der Waals surface area contributed by atoms with Crippen molar-refractivity contribution in [3.05, 3.63) is 35.9 Å². The van der Waals surface area contributed by atoms with E-state index in [2.05, 4.69) is 60.9 Å². The number of aliphatic hydroxyl groups excluding tert-OH is 1. The fourth-order valence-corrected chi connectivity index (χ4v) is 5.23. The Hall–Kier alpha value is -0.900. The van der Waals surface area contributed by atoms with E-state index < -0.39 is 0 Å². The van der Waals surface area contributed by atoms with Gasteiger partial charge < -0.3 is 5.11 Å². The highest BCUT2D eigenvalue weighted by Crippen LogP contribution is 2.54. The summed E-state index contributed by atoms with van der Waals surface area (Å²) in [5, 5.41) is 10.8. The second-order valence-corrected chi connectivity index (χ2v) is 8.30. The molecule has 1 aromatic rings. The van der Waals surface area contributed by atoms with Gasteiger partial charge in [-0.3, -0.25) is 9.80 Å². The zero-order valence-corrected chi connectivity index (χ0v) is 13.3. The van der Waals surface area contributed by atoms with E-state index in [0.29, 0.717) is 0 Å². The quantitative estimate of drug-likeness (QED) is 0.900. The van der Waals surface area contributed by atoms with Crippen molar-refractivity contribution in [3.63, 3.8) is 0 Å². The van der Waals surface area contributed by atoms with E-state index in [1.54, 1.807) is 0 Å². The molecule has 1 aromatic carbocycles. The van der Waals surface area contributed by atoms with Crippen LogP contribution in [0.15, 0.2) is 30.3 Å². The predicted molar refractivity (Wildman–Crippen MR) is 83.9 cm³/mol. The van der Waals surface area contributed by atoms with Crippen molar-refractivity contribution < 1.29 is 5.11 Å². The molecule has 1 N–H and O–H groups in total. The highest BCUT2D eigenvalue weighted by Gasteiger charge is 2.64. The molecule has 4 fully saturated rings. The highest BCUT2D eigenvalue weighted by molar-refractivity contribution is 5.22. The van der Waals surface area contributed by atoms with Crippen LogP contribution in [0, 0.1) is 10.8 Å². The molecule has 4 aliphatic rings. The fourth-order valence-electron chi connectivity index (χ4n) is 5.23. The summed E-state index contributed by atoms with van der Waals surface area (Å²) in [6.45, 7) is 11.0. The minimum absolute atomic E-state index is 0.0292. The van der Waals surface area contributed by atoms with Crippen molar-refractivity contribution >= 4 is 0 Å². The third-order valence-electron chi connectivity index (χ3n) is 6.27. The van der Waals surface area contributed by atoms with Crippen molar-refractivity contribution in [2.45, 2.75) is 39.0 Å². The van der Waals surface area contributed by atoms with Gasteiger partial charge in [0, 0.05) is 43.4 Å². The lowest BCUT2D eigenvalue weighted by atomic mass is 9.59. The van der Waals surface area contributed by atoms with Gasteiger partial charge in [-0.2, -0.15) is 0 Å². The number of piperidine rings is 2. The summed E-state index contributed by atoms with van der Waals surface area (Å²) < 4.78 is 0. The average Bonchev–Trinajstić information content (AvgIpc) is 2.42. The first kappa shape index (κ1) is 13.7. The molecule has 4 bridgehead atoms. The van der Waals surface area contributed by atoms with Gasteiger partial charge in [-0.15, -0.1) is 0 Å². The van der Waals surface area contributed by atoms with Crippen LogP contribution in [0.5, 0.6) is 0 Å². The molecule has 4 heterocycles. The smallest absolute Gasteiger partial charge is 0.0750 e. The zero-order valence-electron chi connectivity index (χ0n) is 13.3. The summed E-state index contributed by atoms with van der Waals surface area (Å²) in [5.41, 5.74) is 1.56. The lowest BCUT2D eigenvalue weighted by molar-refractivity contribution is -0.282. The fraction of sp³-hybridized carbons (Fsp3) is 0.667. The van der Waals surface area contributed by atoms with Crippen LogP contribution in [0.1, 0.15) is 26.3 Å². The Balaban J connectivity index is 1.68. The molecule has 0 atom stereocenters. The maximum atomic E-state index is 10.8. The van der Waals surface area contributed by atoms with Crippen LogP contribution in [0.2, 0.25) is 0 Å². The standard InChI is InChI=1S/C18H26N2O/c1-16-10-19-12-17(2,15(16)21)13-20(11-16)18(19,3)9-14-7-5-4-6-8-14/h4-8,15,21H,9-13H2,1-3H3. The minimum atomic E-state index is -0.168. The summed E-state index contributed by atoms with van der Waals surface area (Å²) in [5.74, 6) is 0. The molecular weight excluding hydrogens is 260 g/mol. The minimum Gasteiger partial charge on any atom is -0.392 e. The van der Waals surface area contributed by atoms with Gasteiger partial charge in [0.05, 0.1) is 11.8 Å². The molecule has 0 aromatic heterocycles. The lowest BCUT2D eigenvalue weighted by Gasteiger charge is -2.72. The Morgan fingerprint density at radius 1 is 0.952 bits per heavy atom. The van der Waals surface area contributed by atoms with Crippen molar-refractivity contribution in [2.24, 2.45) is 10.8 Å².